The fraction of sp³-hybridized carbons (Fsp3) is 0. The molecule has 0 fully saturated rings. The molecular weight excluding hydrogens is 1810 g/mol. The van der Waals surface area contributed by atoms with Crippen LogP contribution in [0.4, 0.5) is 0 Å². The lowest BCUT2D eigenvalue weighted by molar-refractivity contribution is 0.592. The van der Waals surface area contributed by atoms with Gasteiger partial charge in [0.2, 0.25) is 0 Å². The van der Waals surface area contributed by atoms with Gasteiger partial charge in [-0.15, -0.1) is 0 Å². The van der Waals surface area contributed by atoms with Gasteiger partial charge >= 0.3 is 0 Å². The van der Waals surface area contributed by atoms with Gasteiger partial charge in [-0.25, -0.2) is 29.9 Å². The summed E-state index contributed by atoms with van der Waals surface area (Å²) in [6.45, 7) is 0. The van der Waals surface area contributed by atoms with Crippen molar-refractivity contribution in [3.05, 3.63) is 492 Å². The van der Waals surface area contributed by atoms with Gasteiger partial charge in [-0.3, -0.25) is 28.2 Å². The van der Waals surface area contributed by atoms with Crippen molar-refractivity contribution in [3.63, 3.8) is 0 Å². The fourth-order valence-electron chi connectivity index (χ4n) is 22.7. The van der Waals surface area contributed by atoms with E-state index in [0.717, 1.165) is 203 Å². The Morgan fingerprint density at radius 2 is 0.483 bits per heavy atom. The third-order valence-electron chi connectivity index (χ3n) is 29.5. The number of pyridine rings is 6. The van der Waals surface area contributed by atoms with Crippen molar-refractivity contribution in [3.8, 4) is 78.7 Å². The van der Waals surface area contributed by atoms with Crippen LogP contribution in [0.2, 0.25) is 0 Å². The maximum Gasteiger partial charge on any atom is 0.171 e. The second kappa shape index (κ2) is 34.2. The van der Waals surface area contributed by atoms with E-state index in [-0.39, 0.29) is 0 Å². The molecule has 31 rings (SSSR count). The highest BCUT2D eigenvalue weighted by molar-refractivity contribution is 7.85. The molecule has 0 aliphatic rings. The summed E-state index contributed by atoms with van der Waals surface area (Å²) in [6, 6.07) is 165. The molecule has 0 atom stereocenters. The summed E-state index contributed by atoms with van der Waals surface area (Å²) in [5, 5.41) is 26.1. The molecule has 10 aromatic heterocycles. The van der Waals surface area contributed by atoms with Crippen LogP contribution >= 0.6 is 7.14 Å². The van der Waals surface area contributed by atoms with Crippen LogP contribution in [0.15, 0.2) is 492 Å². The third-order valence-corrected chi connectivity index (χ3v) is 32.6. The van der Waals surface area contributed by atoms with Crippen LogP contribution in [0.3, 0.4) is 0 Å². The van der Waals surface area contributed by atoms with Crippen LogP contribution < -0.4 is 15.9 Å². The molecule has 31 aromatic rings. The molecule has 0 unspecified atom stereocenters. The van der Waals surface area contributed by atoms with E-state index >= 15 is 0 Å². The Hall–Kier alpha value is -19.5. The van der Waals surface area contributed by atoms with Gasteiger partial charge in [0, 0.05) is 116 Å². The molecule has 0 aliphatic heterocycles. The van der Waals surface area contributed by atoms with Crippen LogP contribution in [-0.4, -0.2) is 58.1 Å². The van der Waals surface area contributed by atoms with E-state index in [9.17, 15) is 4.57 Å². The normalized spacial score (nSPS) is 12.0. The van der Waals surface area contributed by atoms with Crippen molar-refractivity contribution in [1.29, 1.82) is 0 Å². The summed E-state index contributed by atoms with van der Waals surface area (Å²) in [4.78, 5) is 44.6. The van der Waals surface area contributed by atoms with Crippen molar-refractivity contribution in [2.75, 3.05) is 0 Å². The Kier molecular flexibility index (Phi) is 19.6. The van der Waals surface area contributed by atoms with Crippen LogP contribution in [0.1, 0.15) is 0 Å². The minimum absolute atomic E-state index is 0.635. The lowest BCUT2D eigenvalue weighted by atomic mass is 9.87. The smallest absolute Gasteiger partial charge is 0.171 e. The molecule has 14 heteroatoms. The van der Waals surface area contributed by atoms with Crippen molar-refractivity contribution in [2.24, 2.45) is 0 Å². The number of fused-ring (bicyclic) bond motifs is 38. The van der Waals surface area contributed by atoms with E-state index < -0.39 is 7.14 Å². The quantitative estimate of drug-likeness (QED) is 0.0958. The van der Waals surface area contributed by atoms with E-state index in [4.69, 9.17) is 44.9 Å². The van der Waals surface area contributed by atoms with Gasteiger partial charge in [-0.1, -0.05) is 352 Å². The minimum Gasteiger partial charge on any atom is -0.309 e. The average Bonchev–Trinajstić information content (AvgIpc) is 1.71. The van der Waals surface area contributed by atoms with Crippen LogP contribution in [-0.2, 0) is 4.57 Å². The van der Waals surface area contributed by atoms with E-state index in [1.807, 2.05) is 182 Å². The largest absolute Gasteiger partial charge is 0.309 e. The SMILES string of the molecule is O=P(c1ccccc1)(c1ccccc1)c1ccc(-c2ccc3c(c2)c2c(ccc4cccnc42)c2nc4ccccc4n32)cc1.c1cc(-c2ccc3c(c2)c2c(ccc4cccnc42)c2nc4ccccc4n32)cc(-c2cc3c4ccccc4c4ccccc4c3c3ccccc23)c1.c1ccc(-c2nc(-c3ccccc3)nc(-c3ccc(-c4ccc5c(c4)c4c(ccc6cccnc64)c4nc6ccccc6n54)cc3)n2)cc1. The molecule has 10 heterocycles. The van der Waals surface area contributed by atoms with E-state index in [2.05, 4.69) is 323 Å². The minimum atomic E-state index is -3.05. The highest BCUT2D eigenvalue weighted by atomic mass is 31.2. The van der Waals surface area contributed by atoms with Gasteiger partial charge in [-0.2, -0.15) is 0 Å². The van der Waals surface area contributed by atoms with Gasteiger partial charge in [0.25, 0.3) is 0 Å². The van der Waals surface area contributed by atoms with Gasteiger partial charge in [0.05, 0.1) is 66.2 Å². The predicted molar refractivity (Wildman–Crippen MR) is 610 cm³/mol. The van der Waals surface area contributed by atoms with Crippen molar-refractivity contribution >= 4 is 214 Å². The zero-order valence-electron chi connectivity index (χ0n) is 79.0. The summed E-state index contributed by atoms with van der Waals surface area (Å²) in [6.07, 6.45) is 5.63. The molecular formula is C133H81N12OP. The fourth-order valence-corrected chi connectivity index (χ4v) is 25.4. The highest BCUT2D eigenvalue weighted by Gasteiger charge is 2.31. The highest BCUT2D eigenvalue weighted by Crippen LogP contribution is 2.49. The number of aromatic nitrogens is 12. The molecule has 0 amide bonds. The zero-order chi connectivity index (χ0) is 96.9. The van der Waals surface area contributed by atoms with Crippen LogP contribution in [0.25, 0.3) is 270 Å². The van der Waals surface area contributed by atoms with Crippen molar-refractivity contribution in [2.45, 2.75) is 0 Å². The molecule has 0 saturated carbocycles. The molecule has 21 aromatic carbocycles. The first-order chi connectivity index (χ1) is 72.8. The number of benzene rings is 21. The van der Waals surface area contributed by atoms with Gasteiger partial charge < -0.3 is 4.57 Å². The monoisotopic (exact) mass is 1890 g/mol. The second-order valence-corrected chi connectivity index (χ2v) is 40.4. The molecule has 0 bridgehead atoms. The number of imidazole rings is 3. The summed E-state index contributed by atoms with van der Waals surface area (Å²) < 4.78 is 21.8. The van der Waals surface area contributed by atoms with E-state index in [0.29, 0.717) is 17.5 Å². The second-order valence-electron chi connectivity index (χ2n) is 37.7. The number of hydrogen-bond donors (Lipinski definition) is 0. The van der Waals surface area contributed by atoms with E-state index in [1.54, 1.807) is 0 Å². The van der Waals surface area contributed by atoms with Crippen LogP contribution in [0, 0.1) is 0 Å². The van der Waals surface area contributed by atoms with Crippen molar-refractivity contribution in [1.82, 2.24) is 58.1 Å². The first-order valence-electron chi connectivity index (χ1n) is 49.5. The van der Waals surface area contributed by atoms with Gasteiger partial charge in [0.1, 0.15) is 16.9 Å². The molecule has 0 radical (unpaired) electrons. The number of hydrogen-bond acceptors (Lipinski definition) is 10. The third kappa shape index (κ3) is 13.8. The summed E-state index contributed by atoms with van der Waals surface area (Å²) in [5.74, 6) is 1.93. The molecule has 0 aliphatic carbocycles. The predicted octanol–water partition coefficient (Wildman–Crippen LogP) is 32.1. The summed E-state index contributed by atoms with van der Waals surface area (Å²) >= 11 is 0. The van der Waals surface area contributed by atoms with E-state index in [1.165, 1.54) is 65.3 Å². The number of rotatable bonds is 10. The number of para-hydroxylation sites is 6. The molecule has 0 N–H and O–H groups in total. The lowest BCUT2D eigenvalue weighted by Crippen LogP contribution is -2.24. The topological polar surface area (TPSA) is 146 Å². The zero-order valence-corrected chi connectivity index (χ0v) is 79.9. The Labute approximate surface area is 841 Å². The maximum atomic E-state index is 14.9. The Balaban J connectivity index is 0.000000105. The molecule has 13 nitrogen and oxygen atoms in total. The van der Waals surface area contributed by atoms with Crippen molar-refractivity contribution < 1.29 is 4.57 Å². The summed E-state index contributed by atoms with van der Waals surface area (Å²) in [7, 11) is -3.05. The molecule has 0 spiro atoms. The average molecular weight is 1890 g/mol. The Morgan fingerprint density at radius 1 is 0.177 bits per heavy atom. The molecule has 0 saturated heterocycles. The summed E-state index contributed by atoms with van der Waals surface area (Å²) in [5.41, 5.74) is 27.2. The van der Waals surface area contributed by atoms with Gasteiger partial charge in [0.15, 0.2) is 24.6 Å². The molecule has 684 valence electrons. The first kappa shape index (κ1) is 84.4. The first-order valence-corrected chi connectivity index (χ1v) is 51.2. The molecule has 147 heavy (non-hydrogen) atoms. The standard InChI is InChI=1S/C50H29N3.C43H26N6.C40H26N3OP/c1-2-16-36-34(14-1)35-15-3-5-18-38(35)47-39-19-6-4-17-37(39)41(29-42(36)47)33-12-9-11-31(27-33)32-23-25-45-43(28-32)48-40(24-22-30-13-10-26-51-49(30)48)50-52-44-20-7-8-21-46(44)53(45)50;1-3-10-29(11-4-1)40-46-41(30-12-5-2-6-13-30)48-42(47-40)31-19-17-27(18-20-31)32-22-24-36-34(26-32)38-33(23-21-28-14-9-25-44-39(28)38)43-45-35-15-7-8-16-37(35)49(36)43;44-45(30-11-3-1-4-12-30,31-13-5-2-6-14-31)32-21-17-27(18-22-32)29-20-24-36-34(26-29)38-33(23-19-28-10-9-25-41-39(28)38)40-42-35-15-7-8-16-37(35)43(36)40/h1-29H;1-26H;1-26H. The lowest BCUT2D eigenvalue weighted by Gasteiger charge is -2.20. The Morgan fingerprint density at radius 3 is 0.912 bits per heavy atom. The maximum absolute atomic E-state index is 14.9. The Bertz CT molecular complexity index is 10900. The van der Waals surface area contributed by atoms with Crippen LogP contribution in [0.5, 0.6) is 0 Å². The number of nitrogens with zero attached hydrogens (tertiary/aromatic N) is 12. The van der Waals surface area contributed by atoms with Gasteiger partial charge in [-0.05, 0) is 209 Å².